The lowest BCUT2D eigenvalue weighted by molar-refractivity contribution is -0.159. The molecule has 1 spiro atoms. The predicted molar refractivity (Wildman–Crippen MR) is 64.1 cm³/mol. The minimum Gasteiger partial charge on any atom is -0.423 e. The summed E-state index contributed by atoms with van der Waals surface area (Å²) in [6, 6.07) is 0. The number of hydrogen-bond acceptors (Lipinski definition) is 4. The zero-order valence-electron chi connectivity index (χ0n) is 11.2. The van der Waals surface area contributed by atoms with Gasteiger partial charge in [0.25, 0.3) is 0 Å². The van der Waals surface area contributed by atoms with E-state index in [0.29, 0.717) is 6.42 Å². The zero-order valence-corrected chi connectivity index (χ0v) is 11.2. The lowest BCUT2D eigenvalue weighted by Gasteiger charge is -2.48. The van der Waals surface area contributed by atoms with Crippen LogP contribution in [-0.4, -0.2) is 23.1 Å². The summed E-state index contributed by atoms with van der Waals surface area (Å²) < 4.78 is 11.2. The normalized spacial score (nSPS) is 46.7. The van der Waals surface area contributed by atoms with Crippen molar-refractivity contribution in [2.24, 2.45) is 11.3 Å². The van der Waals surface area contributed by atoms with Gasteiger partial charge < -0.3 is 9.47 Å². The summed E-state index contributed by atoms with van der Waals surface area (Å²) in [5, 5.41) is 0. The number of ketones is 1. The molecule has 3 atom stereocenters. The van der Waals surface area contributed by atoms with E-state index in [1.54, 1.807) is 0 Å². The molecule has 3 fully saturated rings. The van der Waals surface area contributed by atoms with Crippen molar-refractivity contribution in [3.8, 4) is 0 Å². The fraction of sp³-hybridized carbons (Fsp3) is 0.857. The smallest absolute Gasteiger partial charge is 0.423 e. The van der Waals surface area contributed by atoms with Crippen LogP contribution in [0.1, 0.15) is 52.9 Å². The van der Waals surface area contributed by atoms with Gasteiger partial charge in [-0.25, -0.2) is 4.79 Å². The first-order valence-corrected chi connectivity index (χ1v) is 6.83. The second-order valence-electron chi connectivity index (χ2n) is 6.43. The van der Waals surface area contributed by atoms with Crippen molar-refractivity contribution >= 4 is 11.9 Å². The highest BCUT2D eigenvalue weighted by Gasteiger charge is 2.77. The molecule has 0 aromatic heterocycles. The predicted octanol–water partition coefficient (Wildman–Crippen LogP) is 2.84. The van der Waals surface area contributed by atoms with Gasteiger partial charge in [0, 0.05) is 6.42 Å². The van der Waals surface area contributed by atoms with Crippen molar-refractivity contribution in [3.05, 3.63) is 0 Å². The van der Waals surface area contributed by atoms with Gasteiger partial charge in [0.1, 0.15) is 5.78 Å². The topological polar surface area (TPSA) is 52.6 Å². The van der Waals surface area contributed by atoms with Crippen LogP contribution < -0.4 is 0 Å². The number of rotatable bonds is 1. The number of Topliss-reactive ketones (excluding diaryl/α,β-unsaturated/α-hetero) is 1. The Morgan fingerprint density at radius 3 is 2.50 bits per heavy atom. The largest absolute Gasteiger partial charge is 0.509 e. The van der Waals surface area contributed by atoms with Crippen molar-refractivity contribution in [1.82, 2.24) is 0 Å². The Morgan fingerprint density at radius 2 is 1.83 bits per heavy atom. The lowest BCUT2D eigenvalue weighted by Crippen LogP contribution is -2.61. The second kappa shape index (κ2) is 3.28. The second-order valence-corrected chi connectivity index (χ2v) is 6.43. The van der Waals surface area contributed by atoms with E-state index < -0.39 is 22.8 Å². The zero-order chi connectivity index (χ0) is 13.2. The Balaban J connectivity index is 2.17. The Morgan fingerprint density at radius 1 is 1.11 bits per heavy atom. The molecule has 0 N–H and O–H groups in total. The van der Waals surface area contributed by atoms with E-state index in [1.807, 2.05) is 6.92 Å². The summed E-state index contributed by atoms with van der Waals surface area (Å²) in [4.78, 5) is 24.1. The van der Waals surface area contributed by atoms with Crippen molar-refractivity contribution < 1.29 is 19.1 Å². The first kappa shape index (κ1) is 12.0. The average Bonchev–Trinajstić information content (AvgIpc) is 2.70. The molecule has 0 aromatic rings. The molecule has 1 heterocycles. The van der Waals surface area contributed by atoms with Crippen LogP contribution in [0.3, 0.4) is 0 Å². The van der Waals surface area contributed by atoms with Gasteiger partial charge in [-0.2, -0.15) is 0 Å². The van der Waals surface area contributed by atoms with Gasteiger partial charge >= 0.3 is 6.16 Å². The van der Waals surface area contributed by atoms with Gasteiger partial charge in [-0.15, -0.1) is 0 Å². The molecule has 2 saturated carbocycles. The fourth-order valence-electron chi connectivity index (χ4n) is 4.50. The van der Waals surface area contributed by atoms with Crippen LogP contribution in [0.2, 0.25) is 0 Å². The van der Waals surface area contributed by atoms with Gasteiger partial charge in [-0.1, -0.05) is 13.8 Å². The maximum absolute atomic E-state index is 12.4. The summed E-state index contributed by atoms with van der Waals surface area (Å²) in [5.74, 6) is 0.395. The molecule has 4 heteroatoms. The van der Waals surface area contributed by atoms with Crippen LogP contribution in [0.15, 0.2) is 0 Å². The lowest BCUT2D eigenvalue weighted by atomic mass is 9.60. The molecule has 2 aliphatic carbocycles. The van der Waals surface area contributed by atoms with Crippen LogP contribution in [0.25, 0.3) is 0 Å². The maximum atomic E-state index is 12.4. The van der Waals surface area contributed by atoms with E-state index in [-0.39, 0.29) is 11.7 Å². The highest BCUT2D eigenvalue weighted by Crippen LogP contribution is 2.65. The average molecular weight is 252 g/mol. The maximum Gasteiger partial charge on any atom is 0.509 e. The first-order valence-electron chi connectivity index (χ1n) is 6.83. The summed E-state index contributed by atoms with van der Waals surface area (Å²) in [6.07, 6.45) is 3.04. The van der Waals surface area contributed by atoms with Gasteiger partial charge in [-0.3, -0.25) is 4.79 Å². The SMILES string of the molecule is CC(C)[C@@]12CC[C@@]3(C)C(=O)CCC[C@]31OC(=O)O2. The fourth-order valence-corrected chi connectivity index (χ4v) is 4.50. The summed E-state index contributed by atoms with van der Waals surface area (Å²) in [6.45, 7) is 6.06. The Bertz CT molecular complexity index is 430. The minimum absolute atomic E-state index is 0.164. The van der Waals surface area contributed by atoms with Gasteiger partial charge in [0.2, 0.25) is 0 Å². The van der Waals surface area contributed by atoms with Crippen LogP contribution in [0, 0.1) is 11.3 Å². The molecule has 18 heavy (non-hydrogen) atoms. The Labute approximate surface area is 107 Å². The molecule has 0 bridgehead atoms. The molecular weight excluding hydrogens is 232 g/mol. The molecule has 1 saturated heterocycles. The van der Waals surface area contributed by atoms with Crippen molar-refractivity contribution in [2.75, 3.05) is 0 Å². The van der Waals surface area contributed by atoms with E-state index in [4.69, 9.17) is 9.47 Å². The first-order chi connectivity index (χ1) is 8.38. The third-order valence-electron chi connectivity index (χ3n) is 5.58. The van der Waals surface area contributed by atoms with Crippen molar-refractivity contribution in [1.29, 1.82) is 0 Å². The number of ether oxygens (including phenoxy) is 2. The molecule has 3 rings (SSSR count). The van der Waals surface area contributed by atoms with Gasteiger partial charge in [0.15, 0.2) is 11.2 Å². The molecular formula is C14H20O4. The van der Waals surface area contributed by atoms with E-state index >= 15 is 0 Å². The van der Waals surface area contributed by atoms with Crippen molar-refractivity contribution in [3.63, 3.8) is 0 Å². The summed E-state index contributed by atoms with van der Waals surface area (Å²) in [5.41, 5.74) is -1.88. The Hall–Kier alpha value is -1.06. The molecule has 0 amide bonds. The standard InChI is InChI=1S/C14H20O4/c1-9(2)13-8-7-12(3)10(15)5-4-6-14(12,13)18-11(16)17-13/h9H,4-8H2,1-3H3/t12-,13-,14-/m0/s1. The monoisotopic (exact) mass is 252 g/mol. The third kappa shape index (κ3) is 1.04. The molecule has 0 unspecified atom stereocenters. The van der Waals surface area contributed by atoms with Crippen LogP contribution >= 0.6 is 0 Å². The van der Waals surface area contributed by atoms with E-state index in [9.17, 15) is 9.59 Å². The molecule has 100 valence electrons. The molecule has 1 aliphatic heterocycles. The number of carbonyl (C=O) groups is 2. The van der Waals surface area contributed by atoms with E-state index in [2.05, 4.69) is 13.8 Å². The van der Waals surface area contributed by atoms with E-state index in [0.717, 1.165) is 25.7 Å². The van der Waals surface area contributed by atoms with E-state index in [1.165, 1.54) is 0 Å². The third-order valence-corrected chi connectivity index (χ3v) is 5.58. The molecule has 0 radical (unpaired) electrons. The minimum atomic E-state index is -0.722. The van der Waals surface area contributed by atoms with Crippen molar-refractivity contribution in [2.45, 2.75) is 64.1 Å². The quantitative estimate of drug-likeness (QED) is 0.673. The molecule has 0 aromatic carbocycles. The molecule has 4 nitrogen and oxygen atoms in total. The highest BCUT2D eigenvalue weighted by atomic mass is 16.8. The summed E-state index contributed by atoms with van der Waals surface area (Å²) >= 11 is 0. The number of hydrogen-bond donors (Lipinski definition) is 0. The van der Waals surface area contributed by atoms with Crippen LogP contribution in [0.5, 0.6) is 0 Å². The highest BCUT2D eigenvalue weighted by molar-refractivity contribution is 5.89. The molecule has 3 aliphatic rings. The van der Waals surface area contributed by atoms with Gasteiger partial charge in [-0.05, 0) is 38.5 Å². The number of carbonyl (C=O) groups excluding carboxylic acids is 2. The summed E-state index contributed by atoms with van der Waals surface area (Å²) in [7, 11) is 0. The van der Waals surface area contributed by atoms with Crippen LogP contribution in [-0.2, 0) is 14.3 Å². The van der Waals surface area contributed by atoms with Crippen LogP contribution in [0.4, 0.5) is 4.79 Å². The van der Waals surface area contributed by atoms with Gasteiger partial charge in [0.05, 0.1) is 5.41 Å². The Kier molecular flexibility index (Phi) is 2.19.